The summed E-state index contributed by atoms with van der Waals surface area (Å²) >= 11 is 0. The van der Waals surface area contributed by atoms with Gasteiger partial charge in [-0.25, -0.2) is 4.79 Å². The zero-order valence-corrected chi connectivity index (χ0v) is 19.6. The number of esters is 1. The normalized spacial score (nSPS) is 11.6. The van der Waals surface area contributed by atoms with Crippen LogP contribution in [0.2, 0.25) is 0 Å². The molecule has 2 aromatic carbocycles. The highest BCUT2D eigenvalue weighted by atomic mass is 16.5. The molecular formula is C28H32N2O3. The van der Waals surface area contributed by atoms with E-state index in [1.807, 2.05) is 49.4 Å². The Balaban J connectivity index is 1.87. The van der Waals surface area contributed by atoms with E-state index in [4.69, 9.17) is 4.74 Å². The SMILES string of the molecule is CCCCCC(CC(=O)Nc1cc(C(=O)OC)ccc1-c1ccccc1)c1cccnc1C. The molecule has 0 saturated carbocycles. The number of carbonyl (C=O) groups is 2. The average Bonchev–Trinajstić information content (AvgIpc) is 2.84. The molecule has 0 aliphatic heterocycles. The number of rotatable bonds is 10. The molecular weight excluding hydrogens is 412 g/mol. The molecule has 0 saturated heterocycles. The van der Waals surface area contributed by atoms with Crippen molar-refractivity contribution in [1.82, 2.24) is 4.98 Å². The van der Waals surface area contributed by atoms with Crippen molar-refractivity contribution in [3.8, 4) is 11.1 Å². The van der Waals surface area contributed by atoms with Crippen molar-refractivity contribution in [2.24, 2.45) is 0 Å². The third-order valence-corrected chi connectivity index (χ3v) is 5.88. The van der Waals surface area contributed by atoms with Crippen molar-refractivity contribution in [3.05, 3.63) is 83.7 Å². The third kappa shape index (κ3) is 6.51. The number of aromatic nitrogens is 1. The van der Waals surface area contributed by atoms with Crippen LogP contribution in [0.15, 0.2) is 66.9 Å². The maximum Gasteiger partial charge on any atom is 0.337 e. The van der Waals surface area contributed by atoms with E-state index >= 15 is 0 Å². The van der Waals surface area contributed by atoms with E-state index in [1.54, 1.807) is 18.3 Å². The molecule has 1 unspecified atom stereocenters. The lowest BCUT2D eigenvalue weighted by molar-refractivity contribution is -0.116. The van der Waals surface area contributed by atoms with Gasteiger partial charge in [0.05, 0.1) is 12.7 Å². The Morgan fingerprint density at radius 1 is 1.03 bits per heavy atom. The largest absolute Gasteiger partial charge is 0.465 e. The smallest absolute Gasteiger partial charge is 0.337 e. The summed E-state index contributed by atoms with van der Waals surface area (Å²) in [5, 5.41) is 3.07. The minimum atomic E-state index is -0.437. The summed E-state index contributed by atoms with van der Waals surface area (Å²) in [5.41, 5.74) is 4.91. The molecule has 3 aromatic rings. The van der Waals surface area contributed by atoms with Crippen LogP contribution < -0.4 is 5.32 Å². The number of nitrogens with one attached hydrogen (secondary N) is 1. The molecule has 0 spiro atoms. The second-order valence-corrected chi connectivity index (χ2v) is 8.24. The first kappa shape index (κ1) is 24.2. The number of unbranched alkanes of at least 4 members (excludes halogenated alkanes) is 2. The van der Waals surface area contributed by atoms with E-state index in [0.29, 0.717) is 17.7 Å². The maximum atomic E-state index is 13.2. The van der Waals surface area contributed by atoms with Gasteiger partial charge in [0.25, 0.3) is 0 Å². The van der Waals surface area contributed by atoms with E-state index in [9.17, 15) is 9.59 Å². The number of hydrogen-bond donors (Lipinski definition) is 1. The first-order valence-electron chi connectivity index (χ1n) is 11.5. The Bertz CT molecular complexity index is 1080. The lowest BCUT2D eigenvalue weighted by Crippen LogP contribution is -2.17. The highest BCUT2D eigenvalue weighted by molar-refractivity contribution is 5.99. The number of hydrogen-bond acceptors (Lipinski definition) is 4. The fourth-order valence-electron chi connectivity index (χ4n) is 4.12. The van der Waals surface area contributed by atoms with Crippen LogP contribution in [0.5, 0.6) is 0 Å². The number of anilines is 1. The van der Waals surface area contributed by atoms with E-state index in [2.05, 4.69) is 23.3 Å². The quantitative estimate of drug-likeness (QED) is 0.285. The van der Waals surface area contributed by atoms with Crippen molar-refractivity contribution >= 4 is 17.6 Å². The van der Waals surface area contributed by atoms with Crippen LogP contribution in [-0.2, 0) is 9.53 Å². The van der Waals surface area contributed by atoms with E-state index in [0.717, 1.165) is 48.1 Å². The molecule has 0 aliphatic carbocycles. The summed E-state index contributed by atoms with van der Waals surface area (Å²) in [7, 11) is 1.35. The van der Waals surface area contributed by atoms with E-state index in [-0.39, 0.29) is 11.8 Å². The van der Waals surface area contributed by atoms with Crippen LogP contribution in [0.25, 0.3) is 11.1 Å². The Labute approximate surface area is 196 Å². The van der Waals surface area contributed by atoms with Gasteiger partial charge in [-0.1, -0.05) is 68.7 Å². The Morgan fingerprint density at radius 2 is 1.82 bits per heavy atom. The van der Waals surface area contributed by atoms with Crippen LogP contribution >= 0.6 is 0 Å². The molecule has 3 rings (SSSR count). The predicted molar refractivity (Wildman–Crippen MR) is 132 cm³/mol. The number of aryl methyl sites for hydroxylation is 1. The van der Waals surface area contributed by atoms with Gasteiger partial charge in [0.15, 0.2) is 0 Å². The summed E-state index contributed by atoms with van der Waals surface area (Å²) in [4.78, 5) is 29.8. The standard InChI is InChI=1S/C28H32N2O3/c1-4-5-7-13-22(24-14-10-17-29-20(24)2)19-27(31)30-26-18-23(28(32)33-3)15-16-25(26)21-11-8-6-9-12-21/h6,8-12,14-18,22H,4-5,7,13,19H2,1-3H3,(H,30,31). The fourth-order valence-corrected chi connectivity index (χ4v) is 4.12. The number of ether oxygens (including phenoxy) is 1. The summed E-state index contributed by atoms with van der Waals surface area (Å²) in [6, 6.07) is 19.1. The van der Waals surface area contributed by atoms with Crippen LogP contribution in [0.3, 0.4) is 0 Å². The van der Waals surface area contributed by atoms with E-state index in [1.165, 1.54) is 7.11 Å². The van der Waals surface area contributed by atoms with Gasteiger partial charge >= 0.3 is 5.97 Å². The third-order valence-electron chi connectivity index (χ3n) is 5.88. The fraction of sp³-hybridized carbons (Fsp3) is 0.321. The molecule has 0 bridgehead atoms. The summed E-state index contributed by atoms with van der Waals surface area (Å²) in [5.74, 6) is -0.429. The topological polar surface area (TPSA) is 68.3 Å². The lowest BCUT2D eigenvalue weighted by atomic mass is 9.89. The van der Waals surface area contributed by atoms with Crippen molar-refractivity contribution in [2.45, 2.75) is 51.9 Å². The van der Waals surface area contributed by atoms with Crippen molar-refractivity contribution in [3.63, 3.8) is 0 Å². The van der Waals surface area contributed by atoms with Crippen LogP contribution in [-0.4, -0.2) is 24.0 Å². The van der Waals surface area contributed by atoms with Gasteiger partial charge in [-0.2, -0.15) is 0 Å². The Morgan fingerprint density at radius 3 is 2.52 bits per heavy atom. The summed E-state index contributed by atoms with van der Waals surface area (Å²) in [6.45, 7) is 4.17. The number of nitrogens with zero attached hydrogens (tertiary/aromatic N) is 1. The summed E-state index contributed by atoms with van der Waals surface area (Å²) < 4.78 is 4.87. The van der Waals surface area contributed by atoms with Crippen molar-refractivity contribution in [1.29, 1.82) is 0 Å². The molecule has 0 radical (unpaired) electrons. The van der Waals surface area contributed by atoms with E-state index < -0.39 is 5.97 Å². The van der Waals surface area contributed by atoms with Crippen molar-refractivity contribution in [2.75, 3.05) is 12.4 Å². The molecule has 1 aromatic heterocycles. The first-order chi connectivity index (χ1) is 16.0. The maximum absolute atomic E-state index is 13.2. The molecule has 1 heterocycles. The molecule has 5 nitrogen and oxygen atoms in total. The van der Waals surface area contributed by atoms with Crippen LogP contribution in [0.1, 0.15) is 66.6 Å². The molecule has 172 valence electrons. The molecule has 0 fully saturated rings. The highest BCUT2D eigenvalue weighted by Crippen LogP contribution is 2.32. The van der Waals surface area contributed by atoms with Crippen LogP contribution in [0, 0.1) is 6.92 Å². The zero-order chi connectivity index (χ0) is 23.6. The van der Waals surface area contributed by atoms with Crippen molar-refractivity contribution < 1.29 is 14.3 Å². The number of carbonyl (C=O) groups excluding carboxylic acids is 2. The lowest BCUT2D eigenvalue weighted by Gasteiger charge is -2.20. The number of amides is 1. The monoisotopic (exact) mass is 444 g/mol. The molecule has 0 aliphatic rings. The predicted octanol–water partition coefficient (Wildman–Crippen LogP) is 6.54. The van der Waals surface area contributed by atoms with Gasteiger partial charge in [-0.05, 0) is 48.6 Å². The zero-order valence-electron chi connectivity index (χ0n) is 19.6. The molecule has 1 N–H and O–H groups in total. The summed E-state index contributed by atoms with van der Waals surface area (Å²) in [6.07, 6.45) is 6.40. The van der Waals surface area contributed by atoms with Gasteiger partial charge in [0.1, 0.15) is 0 Å². The molecule has 1 atom stereocenters. The Hall–Kier alpha value is -3.47. The minimum Gasteiger partial charge on any atom is -0.465 e. The van der Waals surface area contributed by atoms with Gasteiger partial charge in [0.2, 0.25) is 5.91 Å². The molecule has 5 heteroatoms. The van der Waals surface area contributed by atoms with Gasteiger partial charge in [-0.3, -0.25) is 9.78 Å². The Kier molecular flexibility index (Phi) is 8.76. The second-order valence-electron chi connectivity index (χ2n) is 8.24. The molecule has 1 amide bonds. The second kappa shape index (κ2) is 12.0. The minimum absolute atomic E-state index is 0.0843. The van der Waals surface area contributed by atoms with Gasteiger partial charge in [-0.15, -0.1) is 0 Å². The number of pyridine rings is 1. The van der Waals surface area contributed by atoms with Gasteiger partial charge in [0, 0.05) is 29.6 Å². The average molecular weight is 445 g/mol. The van der Waals surface area contributed by atoms with Crippen LogP contribution in [0.4, 0.5) is 5.69 Å². The highest BCUT2D eigenvalue weighted by Gasteiger charge is 2.20. The van der Waals surface area contributed by atoms with Gasteiger partial charge < -0.3 is 10.1 Å². The first-order valence-corrected chi connectivity index (χ1v) is 11.5. The number of methoxy groups -OCH3 is 1. The molecule has 33 heavy (non-hydrogen) atoms. The number of benzene rings is 2.